The topological polar surface area (TPSA) is 29.3 Å². The quantitative estimate of drug-likeness (QED) is 0.616. The van der Waals surface area contributed by atoms with Crippen LogP contribution >= 0.6 is 12.4 Å². The number of piperidine rings is 3. The third-order valence-electron chi connectivity index (χ3n) is 3.83. The lowest BCUT2D eigenvalue weighted by atomic mass is 9.67. The zero-order chi connectivity index (χ0) is 7.42. The van der Waals surface area contributed by atoms with E-state index >= 15 is 0 Å². The highest BCUT2D eigenvalue weighted by Gasteiger charge is 2.45. The number of halogens is 1. The zero-order valence-corrected chi connectivity index (χ0v) is 8.09. The Morgan fingerprint density at radius 2 is 1.58 bits per heavy atom. The van der Waals surface area contributed by atoms with Crippen molar-refractivity contribution in [3.05, 3.63) is 0 Å². The minimum atomic E-state index is 0. The summed E-state index contributed by atoms with van der Waals surface area (Å²) in [5, 5.41) is 0. The van der Waals surface area contributed by atoms with Gasteiger partial charge in [-0.25, -0.2) is 0 Å². The van der Waals surface area contributed by atoms with E-state index in [1.54, 1.807) is 0 Å². The third-order valence-corrected chi connectivity index (χ3v) is 3.83. The van der Waals surface area contributed by atoms with Crippen molar-refractivity contribution in [2.45, 2.75) is 25.4 Å². The lowest BCUT2D eigenvalue weighted by Gasteiger charge is -2.55. The summed E-state index contributed by atoms with van der Waals surface area (Å²) in [6, 6.07) is 0. The minimum Gasteiger partial charge on any atom is -0.315 e. The average Bonchev–Trinajstić information content (AvgIpc) is 1.98. The Labute approximate surface area is 79.9 Å². The van der Waals surface area contributed by atoms with E-state index in [2.05, 4.69) is 4.90 Å². The van der Waals surface area contributed by atoms with Crippen molar-refractivity contribution in [3.63, 3.8) is 0 Å². The van der Waals surface area contributed by atoms with E-state index in [0.29, 0.717) is 6.17 Å². The van der Waals surface area contributed by atoms with Crippen molar-refractivity contribution in [1.82, 2.24) is 4.90 Å². The molecule has 3 atom stereocenters. The normalized spacial score (nSPS) is 55.2. The van der Waals surface area contributed by atoms with Crippen LogP contribution in [0.3, 0.4) is 0 Å². The van der Waals surface area contributed by atoms with E-state index in [-0.39, 0.29) is 12.4 Å². The number of nitrogens with two attached hydrogens (primary N) is 1. The highest BCUT2D eigenvalue weighted by Crippen LogP contribution is 2.44. The van der Waals surface area contributed by atoms with E-state index in [1.807, 2.05) is 0 Å². The molecule has 0 aromatic rings. The Hall–Kier alpha value is 0.210. The van der Waals surface area contributed by atoms with E-state index < -0.39 is 0 Å². The predicted molar refractivity (Wildman–Crippen MR) is 51.1 cm³/mol. The van der Waals surface area contributed by atoms with Gasteiger partial charge in [0.05, 0.1) is 6.17 Å². The Morgan fingerprint density at radius 1 is 1.00 bits per heavy atom. The zero-order valence-electron chi connectivity index (χ0n) is 7.28. The lowest BCUT2D eigenvalue weighted by molar-refractivity contribution is -0.0619. The Morgan fingerprint density at radius 3 is 2.08 bits per heavy atom. The van der Waals surface area contributed by atoms with Crippen LogP contribution in [0.4, 0.5) is 0 Å². The second-order valence-electron chi connectivity index (χ2n) is 4.64. The molecule has 0 spiro atoms. The van der Waals surface area contributed by atoms with Crippen molar-refractivity contribution in [2.24, 2.45) is 23.5 Å². The fraction of sp³-hybridized carbons (Fsp3) is 1.00. The van der Waals surface area contributed by atoms with Gasteiger partial charge in [0.1, 0.15) is 0 Å². The molecule has 2 N–H and O–H groups in total. The molecule has 3 aliphatic heterocycles. The summed E-state index contributed by atoms with van der Waals surface area (Å²) in [6.07, 6.45) is 4.77. The van der Waals surface area contributed by atoms with E-state index in [9.17, 15) is 0 Å². The van der Waals surface area contributed by atoms with Gasteiger partial charge in [0, 0.05) is 13.1 Å². The monoisotopic (exact) mass is 188 g/mol. The van der Waals surface area contributed by atoms with E-state index in [4.69, 9.17) is 5.73 Å². The summed E-state index contributed by atoms with van der Waals surface area (Å²) < 4.78 is 0. The summed E-state index contributed by atoms with van der Waals surface area (Å²) >= 11 is 0. The summed E-state index contributed by atoms with van der Waals surface area (Å²) in [5.41, 5.74) is 6.09. The summed E-state index contributed by atoms with van der Waals surface area (Å²) in [7, 11) is 0. The van der Waals surface area contributed by atoms with Crippen LogP contribution < -0.4 is 5.73 Å². The number of hydrogen-bond donors (Lipinski definition) is 1. The molecule has 12 heavy (non-hydrogen) atoms. The first-order valence-electron chi connectivity index (χ1n) is 4.82. The third kappa shape index (κ3) is 1.09. The largest absolute Gasteiger partial charge is 0.315 e. The molecule has 4 bridgehead atoms. The van der Waals surface area contributed by atoms with Crippen LogP contribution in [0.2, 0.25) is 0 Å². The fourth-order valence-corrected chi connectivity index (χ4v) is 3.47. The van der Waals surface area contributed by atoms with E-state index in [1.165, 1.54) is 32.4 Å². The molecule has 0 radical (unpaired) electrons. The minimum absolute atomic E-state index is 0. The van der Waals surface area contributed by atoms with Gasteiger partial charge in [-0.05, 0) is 37.0 Å². The summed E-state index contributed by atoms with van der Waals surface area (Å²) in [5.74, 6) is 2.86. The van der Waals surface area contributed by atoms with Crippen LogP contribution in [0.25, 0.3) is 0 Å². The van der Waals surface area contributed by atoms with Gasteiger partial charge in [-0.1, -0.05) is 0 Å². The van der Waals surface area contributed by atoms with Gasteiger partial charge in [0.25, 0.3) is 0 Å². The number of rotatable bonds is 0. The van der Waals surface area contributed by atoms with Crippen LogP contribution in [0.1, 0.15) is 19.3 Å². The first-order valence-corrected chi connectivity index (χ1v) is 4.82. The summed E-state index contributed by atoms with van der Waals surface area (Å²) in [4.78, 5) is 2.51. The maximum Gasteiger partial charge on any atom is 0.0601 e. The van der Waals surface area contributed by atoms with Crippen LogP contribution in [0, 0.1) is 17.8 Å². The summed E-state index contributed by atoms with van der Waals surface area (Å²) in [6.45, 7) is 2.60. The van der Waals surface area contributed by atoms with Crippen molar-refractivity contribution in [2.75, 3.05) is 13.1 Å². The first-order chi connectivity index (χ1) is 5.33. The molecule has 0 aromatic heterocycles. The van der Waals surface area contributed by atoms with Gasteiger partial charge >= 0.3 is 0 Å². The molecule has 70 valence electrons. The van der Waals surface area contributed by atoms with Crippen molar-refractivity contribution in [1.29, 1.82) is 0 Å². The van der Waals surface area contributed by atoms with Gasteiger partial charge in [0.15, 0.2) is 0 Å². The van der Waals surface area contributed by atoms with Crippen LogP contribution in [-0.4, -0.2) is 24.2 Å². The molecule has 1 aliphatic carbocycles. The lowest BCUT2D eigenvalue weighted by Crippen LogP contribution is -2.62. The van der Waals surface area contributed by atoms with E-state index in [0.717, 1.165) is 17.8 Å². The molecule has 1 saturated carbocycles. The smallest absolute Gasteiger partial charge is 0.0601 e. The molecule has 4 rings (SSSR count). The van der Waals surface area contributed by atoms with Crippen molar-refractivity contribution >= 4 is 12.4 Å². The van der Waals surface area contributed by atoms with Crippen LogP contribution in [-0.2, 0) is 0 Å². The molecule has 0 aromatic carbocycles. The predicted octanol–water partition coefficient (Wildman–Crippen LogP) is 1.05. The molecule has 3 saturated heterocycles. The van der Waals surface area contributed by atoms with Gasteiger partial charge in [-0.15, -0.1) is 12.4 Å². The fourth-order valence-electron chi connectivity index (χ4n) is 3.47. The number of hydrogen-bond acceptors (Lipinski definition) is 2. The average molecular weight is 189 g/mol. The van der Waals surface area contributed by atoms with Gasteiger partial charge < -0.3 is 5.73 Å². The van der Waals surface area contributed by atoms with Crippen molar-refractivity contribution in [3.8, 4) is 0 Å². The SMILES string of the molecule is Cl.N[C@H]1C2CC3CC(C2)CN1C3. The Balaban J connectivity index is 0.000000563. The molecule has 4 aliphatic rings. The van der Waals surface area contributed by atoms with Crippen molar-refractivity contribution < 1.29 is 0 Å². The number of nitrogens with zero attached hydrogens (tertiary/aromatic N) is 1. The van der Waals surface area contributed by atoms with Crippen LogP contribution in [0.5, 0.6) is 0 Å². The maximum absolute atomic E-state index is 6.09. The van der Waals surface area contributed by atoms with Gasteiger partial charge in [-0.2, -0.15) is 0 Å². The second-order valence-corrected chi connectivity index (χ2v) is 4.64. The van der Waals surface area contributed by atoms with Gasteiger partial charge in [-0.3, -0.25) is 4.90 Å². The molecular weight excluding hydrogens is 172 g/mol. The molecule has 3 heteroatoms. The molecule has 0 amide bonds. The second kappa shape index (κ2) is 2.86. The molecule has 2 unspecified atom stereocenters. The molecule has 2 nitrogen and oxygen atoms in total. The Kier molecular flexibility index (Phi) is 2.10. The van der Waals surface area contributed by atoms with Gasteiger partial charge in [0.2, 0.25) is 0 Å². The molecule has 4 fully saturated rings. The Bertz CT molecular complexity index is 155. The highest BCUT2D eigenvalue weighted by atomic mass is 35.5. The molecular formula is C9H17ClN2. The maximum atomic E-state index is 6.09. The van der Waals surface area contributed by atoms with Crippen LogP contribution in [0.15, 0.2) is 0 Å². The first kappa shape index (κ1) is 8.79. The highest BCUT2D eigenvalue weighted by molar-refractivity contribution is 5.85. The standard InChI is InChI=1S/C9H16N2.ClH/c10-9-8-2-6-1-7(3-8)5-11(9)4-6;/h6-9H,1-5,10H2;1H/t6?,7?,8?,9-;/m1./s1. The molecule has 3 heterocycles.